The molecule has 0 amide bonds. The third kappa shape index (κ3) is 4.65. The molecule has 1 heterocycles. The summed E-state index contributed by atoms with van der Waals surface area (Å²) in [6, 6.07) is 6.43. The number of rotatable bonds is 7. The van der Waals surface area contributed by atoms with Crippen molar-refractivity contribution in [3.05, 3.63) is 39.9 Å². The number of methoxy groups -OCH3 is 1. The maximum Gasteiger partial charge on any atom is 0.242 e. The summed E-state index contributed by atoms with van der Waals surface area (Å²) in [6.45, 7) is 3.81. The normalized spacial score (nSPS) is 24.0. The van der Waals surface area contributed by atoms with Gasteiger partial charge in [0.05, 0.1) is 13.2 Å². The monoisotopic (exact) mass is 323 g/mol. The van der Waals surface area contributed by atoms with Crippen molar-refractivity contribution >= 4 is 0 Å². The molecule has 0 N–H and O–H groups in total. The average Bonchev–Trinajstić information content (AvgIpc) is 2.54. The first kappa shape index (κ1) is 17.7. The lowest BCUT2D eigenvalue weighted by atomic mass is 10.00. The molecule has 0 unspecified atom stereocenters. The van der Waals surface area contributed by atoms with Gasteiger partial charge in [-0.25, -0.2) is 0 Å². The summed E-state index contributed by atoms with van der Waals surface area (Å²) in [5, 5.41) is 11.4. The van der Waals surface area contributed by atoms with Gasteiger partial charge in [0.1, 0.15) is 5.75 Å². The maximum atomic E-state index is 11.4. The topological polar surface area (TPSA) is 70.8 Å². The van der Waals surface area contributed by atoms with Gasteiger partial charge in [-0.05, 0) is 43.9 Å². The molecule has 0 bridgehead atoms. The first-order valence-corrected chi connectivity index (χ1v) is 8.13. The van der Waals surface area contributed by atoms with Gasteiger partial charge in [-0.1, -0.05) is 19.1 Å². The standard InChI is InChI=1S/C17H25NO5/c1-4-15(18(19)20)17(13-8-10-14(21-3)11-9-13)23-16-7-5-6-12(2)22-16/h8-12,15-17H,4-7H2,1-3H3/t12-,15-,16+,17+/m0/s1. The molecule has 6 heteroatoms. The van der Waals surface area contributed by atoms with Crippen LogP contribution in [-0.2, 0) is 9.47 Å². The highest BCUT2D eigenvalue weighted by Crippen LogP contribution is 2.31. The largest absolute Gasteiger partial charge is 0.497 e. The Hall–Kier alpha value is -1.66. The molecule has 0 radical (unpaired) electrons. The Bertz CT molecular complexity index is 504. The van der Waals surface area contributed by atoms with Crippen LogP contribution in [0.15, 0.2) is 24.3 Å². The Morgan fingerprint density at radius 2 is 2.04 bits per heavy atom. The van der Waals surface area contributed by atoms with Gasteiger partial charge in [0.2, 0.25) is 6.04 Å². The van der Waals surface area contributed by atoms with E-state index < -0.39 is 12.1 Å². The molecule has 128 valence electrons. The Morgan fingerprint density at radius 1 is 1.35 bits per heavy atom. The highest BCUT2D eigenvalue weighted by atomic mass is 16.7. The minimum Gasteiger partial charge on any atom is -0.497 e. The van der Waals surface area contributed by atoms with Crippen molar-refractivity contribution in [3.8, 4) is 5.75 Å². The van der Waals surface area contributed by atoms with Crippen LogP contribution < -0.4 is 4.74 Å². The second-order valence-corrected chi connectivity index (χ2v) is 5.90. The van der Waals surface area contributed by atoms with E-state index in [1.54, 1.807) is 26.2 Å². The van der Waals surface area contributed by atoms with Crippen molar-refractivity contribution in [3.63, 3.8) is 0 Å². The summed E-state index contributed by atoms with van der Waals surface area (Å²) in [4.78, 5) is 11.2. The number of nitro groups is 1. The van der Waals surface area contributed by atoms with Crippen LogP contribution >= 0.6 is 0 Å². The van der Waals surface area contributed by atoms with Crippen molar-refractivity contribution in [1.29, 1.82) is 0 Å². The van der Waals surface area contributed by atoms with Crippen LogP contribution in [0.5, 0.6) is 5.75 Å². The fourth-order valence-electron chi connectivity index (χ4n) is 2.89. The molecule has 1 aromatic carbocycles. The van der Waals surface area contributed by atoms with Crippen molar-refractivity contribution in [2.24, 2.45) is 0 Å². The summed E-state index contributed by atoms with van der Waals surface area (Å²) in [6.07, 6.45) is 2.28. The molecular formula is C17H25NO5. The molecule has 0 saturated carbocycles. The summed E-state index contributed by atoms with van der Waals surface area (Å²) in [7, 11) is 1.59. The van der Waals surface area contributed by atoms with Crippen LogP contribution in [0.2, 0.25) is 0 Å². The van der Waals surface area contributed by atoms with Crippen molar-refractivity contribution in [1.82, 2.24) is 0 Å². The van der Waals surface area contributed by atoms with Gasteiger partial charge in [-0.3, -0.25) is 10.1 Å². The lowest BCUT2D eigenvalue weighted by Crippen LogP contribution is -2.35. The molecule has 1 aromatic rings. The fraction of sp³-hybridized carbons (Fsp3) is 0.647. The molecule has 1 aliphatic rings. The highest BCUT2D eigenvalue weighted by molar-refractivity contribution is 5.29. The first-order valence-electron chi connectivity index (χ1n) is 8.13. The van der Waals surface area contributed by atoms with E-state index in [-0.39, 0.29) is 17.3 Å². The van der Waals surface area contributed by atoms with E-state index in [0.717, 1.165) is 24.8 Å². The zero-order valence-electron chi connectivity index (χ0n) is 13.9. The fourth-order valence-corrected chi connectivity index (χ4v) is 2.89. The second-order valence-electron chi connectivity index (χ2n) is 5.90. The predicted octanol–water partition coefficient (Wildman–Crippen LogP) is 3.72. The van der Waals surface area contributed by atoms with Crippen LogP contribution in [0.1, 0.15) is 51.2 Å². The van der Waals surface area contributed by atoms with Crippen LogP contribution in [0, 0.1) is 10.1 Å². The van der Waals surface area contributed by atoms with Gasteiger partial charge >= 0.3 is 0 Å². The van der Waals surface area contributed by atoms with Crippen molar-refractivity contribution < 1.29 is 19.1 Å². The van der Waals surface area contributed by atoms with E-state index >= 15 is 0 Å². The van der Waals surface area contributed by atoms with E-state index in [0.29, 0.717) is 12.2 Å². The van der Waals surface area contributed by atoms with Crippen molar-refractivity contribution in [2.45, 2.75) is 64.1 Å². The van der Waals surface area contributed by atoms with Crippen LogP contribution in [0.3, 0.4) is 0 Å². The smallest absolute Gasteiger partial charge is 0.242 e. The van der Waals surface area contributed by atoms with Gasteiger partial charge in [0.15, 0.2) is 12.4 Å². The van der Waals surface area contributed by atoms with Crippen LogP contribution in [0.25, 0.3) is 0 Å². The number of benzene rings is 1. The quantitative estimate of drug-likeness (QED) is 0.565. The van der Waals surface area contributed by atoms with Gasteiger partial charge < -0.3 is 14.2 Å². The molecule has 1 saturated heterocycles. The minimum atomic E-state index is -0.802. The molecule has 0 spiro atoms. The first-order chi connectivity index (χ1) is 11.0. The number of hydrogen-bond acceptors (Lipinski definition) is 5. The Kier molecular flexibility index (Phi) is 6.36. The maximum absolute atomic E-state index is 11.4. The third-order valence-electron chi connectivity index (χ3n) is 4.22. The van der Waals surface area contributed by atoms with Crippen molar-refractivity contribution in [2.75, 3.05) is 7.11 Å². The van der Waals surface area contributed by atoms with Gasteiger partial charge in [0.25, 0.3) is 0 Å². The third-order valence-corrected chi connectivity index (χ3v) is 4.22. The molecule has 4 atom stereocenters. The van der Waals surface area contributed by atoms with E-state index in [9.17, 15) is 10.1 Å². The molecule has 6 nitrogen and oxygen atoms in total. The summed E-state index contributed by atoms with van der Waals surface area (Å²) >= 11 is 0. The molecule has 1 aliphatic heterocycles. The van der Waals surface area contributed by atoms with Gasteiger partial charge in [-0.15, -0.1) is 0 Å². The Balaban J connectivity index is 2.21. The lowest BCUT2D eigenvalue weighted by molar-refractivity contribution is -0.540. The zero-order chi connectivity index (χ0) is 16.8. The highest BCUT2D eigenvalue weighted by Gasteiger charge is 2.35. The number of ether oxygens (including phenoxy) is 3. The van der Waals surface area contributed by atoms with Crippen LogP contribution in [-0.4, -0.2) is 30.5 Å². The average molecular weight is 323 g/mol. The van der Waals surface area contributed by atoms with Crippen LogP contribution in [0.4, 0.5) is 0 Å². The molecular weight excluding hydrogens is 298 g/mol. The van der Waals surface area contributed by atoms with E-state index in [2.05, 4.69) is 0 Å². The Labute approximate surface area is 136 Å². The van der Waals surface area contributed by atoms with E-state index in [1.165, 1.54) is 0 Å². The SMILES string of the molecule is CC[C@@H]([C@H](O[C@@H]1CCC[C@H](C)O1)c1ccc(OC)cc1)[N+](=O)[O-]. The zero-order valence-corrected chi connectivity index (χ0v) is 13.9. The summed E-state index contributed by atoms with van der Waals surface area (Å²) < 4.78 is 17.0. The summed E-state index contributed by atoms with van der Waals surface area (Å²) in [5.74, 6) is 0.712. The number of hydrogen-bond donors (Lipinski definition) is 0. The molecule has 2 rings (SSSR count). The lowest BCUT2D eigenvalue weighted by Gasteiger charge is -2.32. The molecule has 0 aromatic heterocycles. The predicted molar refractivity (Wildman–Crippen MR) is 86.1 cm³/mol. The van der Waals surface area contributed by atoms with E-state index in [4.69, 9.17) is 14.2 Å². The molecule has 1 fully saturated rings. The molecule has 0 aliphatic carbocycles. The van der Waals surface area contributed by atoms with Gasteiger partial charge in [-0.2, -0.15) is 0 Å². The molecule has 23 heavy (non-hydrogen) atoms. The Morgan fingerprint density at radius 3 is 2.57 bits per heavy atom. The number of nitrogens with zero attached hydrogens (tertiary/aromatic N) is 1. The minimum absolute atomic E-state index is 0.126. The van der Waals surface area contributed by atoms with Gasteiger partial charge in [0, 0.05) is 11.3 Å². The summed E-state index contributed by atoms with van der Waals surface area (Å²) in [5.41, 5.74) is 0.774. The van der Waals surface area contributed by atoms with E-state index in [1.807, 2.05) is 19.1 Å². The second kappa shape index (κ2) is 8.26.